The molecule has 0 unspecified atom stereocenters. The van der Waals surface area contributed by atoms with Gasteiger partial charge in [0.15, 0.2) is 0 Å². The molecule has 2 atom stereocenters. The quantitative estimate of drug-likeness (QED) is 0.870. The van der Waals surface area contributed by atoms with Crippen LogP contribution in [0.4, 0.5) is 5.69 Å². The predicted octanol–water partition coefficient (Wildman–Crippen LogP) is 3.37. The molecule has 102 valence electrons. The lowest BCUT2D eigenvalue weighted by Crippen LogP contribution is -2.24. The highest BCUT2D eigenvalue weighted by atomic mass is 35.5. The zero-order chi connectivity index (χ0) is 13.8. The van der Waals surface area contributed by atoms with Crippen molar-refractivity contribution < 1.29 is 9.00 Å². The van der Waals surface area contributed by atoms with Gasteiger partial charge in [0, 0.05) is 12.2 Å². The van der Waals surface area contributed by atoms with Crippen LogP contribution in [0.15, 0.2) is 35.2 Å². The van der Waals surface area contributed by atoms with Crippen molar-refractivity contribution in [2.75, 3.05) is 11.6 Å². The van der Waals surface area contributed by atoms with E-state index in [1.807, 2.05) is 6.08 Å². The summed E-state index contributed by atoms with van der Waals surface area (Å²) in [7, 11) is -1.23. The number of anilines is 1. The summed E-state index contributed by atoms with van der Waals surface area (Å²) in [5.41, 5.74) is 0.549. The van der Waals surface area contributed by atoms with Gasteiger partial charge in [0.1, 0.15) is 0 Å². The van der Waals surface area contributed by atoms with Crippen molar-refractivity contribution in [3.63, 3.8) is 0 Å². The number of benzene rings is 1. The molecule has 0 bridgehead atoms. The average Bonchev–Trinajstić information content (AvgIpc) is 2.39. The van der Waals surface area contributed by atoms with Crippen molar-refractivity contribution in [2.45, 2.75) is 24.2 Å². The number of hydrogen-bond donors (Lipinski definition) is 1. The molecule has 0 aromatic heterocycles. The van der Waals surface area contributed by atoms with Crippen molar-refractivity contribution in [1.29, 1.82) is 0 Å². The molecule has 0 radical (unpaired) electrons. The Bertz CT molecular complexity index is 542. The molecule has 0 fully saturated rings. The summed E-state index contributed by atoms with van der Waals surface area (Å²) in [5.74, 6) is -0.0413. The molecule has 1 amide bonds. The minimum atomic E-state index is -1.23. The van der Waals surface area contributed by atoms with E-state index in [1.54, 1.807) is 24.5 Å². The third-order valence-electron chi connectivity index (χ3n) is 3.15. The molecule has 3 nitrogen and oxygen atoms in total. The molecule has 0 saturated heterocycles. The van der Waals surface area contributed by atoms with Gasteiger partial charge in [-0.1, -0.05) is 29.8 Å². The SMILES string of the molecule is C[S@](=O)c1c(Cl)cccc1NC(=O)[C@H]1CC=CCC1. The van der Waals surface area contributed by atoms with Crippen molar-refractivity contribution in [3.8, 4) is 0 Å². The Kier molecular flexibility index (Phi) is 4.77. The second kappa shape index (κ2) is 6.35. The van der Waals surface area contributed by atoms with Crippen LogP contribution < -0.4 is 5.32 Å². The normalized spacial score (nSPS) is 20.0. The Hall–Kier alpha value is -1.13. The van der Waals surface area contributed by atoms with E-state index in [0.717, 1.165) is 19.3 Å². The lowest BCUT2D eigenvalue weighted by atomic mass is 9.93. The summed E-state index contributed by atoms with van der Waals surface area (Å²) in [6, 6.07) is 5.16. The van der Waals surface area contributed by atoms with Gasteiger partial charge in [0.05, 0.1) is 26.4 Å². The van der Waals surface area contributed by atoms with Crippen molar-refractivity contribution in [2.24, 2.45) is 5.92 Å². The Labute approximate surface area is 120 Å². The Morgan fingerprint density at radius 2 is 2.21 bits per heavy atom. The first-order valence-corrected chi connectivity index (χ1v) is 8.11. The number of rotatable bonds is 3. The lowest BCUT2D eigenvalue weighted by molar-refractivity contribution is -0.120. The summed E-state index contributed by atoms with van der Waals surface area (Å²) in [6.45, 7) is 0. The van der Waals surface area contributed by atoms with Gasteiger partial charge in [-0.2, -0.15) is 0 Å². The number of carbonyl (C=O) groups is 1. The molecule has 2 rings (SSSR count). The Morgan fingerprint density at radius 3 is 2.84 bits per heavy atom. The summed E-state index contributed by atoms with van der Waals surface area (Å²) >= 11 is 6.04. The van der Waals surface area contributed by atoms with Gasteiger partial charge in [-0.3, -0.25) is 9.00 Å². The highest BCUT2D eigenvalue weighted by Crippen LogP contribution is 2.28. The van der Waals surface area contributed by atoms with E-state index < -0.39 is 10.8 Å². The van der Waals surface area contributed by atoms with E-state index in [9.17, 15) is 9.00 Å². The van der Waals surface area contributed by atoms with Crippen LogP contribution in [0.1, 0.15) is 19.3 Å². The van der Waals surface area contributed by atoms with Gasteiger partial charge < -0.3 is 5.32 Å². The molecule has 0 spiro atoms. The minimum Gasteiger partial charge on any atom is -0.325 e. The molecular weight excluding hydrogens is 282 g/mol. The molecular formula is C14H16ClNO2S. The highest BCUT2D eigenvalue weighted by Gasteiger charge is 2.20. The fourth-order valence-electron chi connectivity index (χ4n) is 2.17. The lowest BCUT2D eigenvalue weighted by Gasteiger charge is -2.18. The third-order valence-corrected chi connectivity index (χ3v) is 4.59. The molecule has 1 aromatic rings. The first-order chi connectivity index (χ1) is 9.09. The number of halogens is 1. The van der Waals surface area contributed by atoms with Crippen LogP contribution in [0.3, 0.4) is 0 Å². The van der Waals surface area contributed by atoms with Crippen LogP contribution in [0, 0.1) is 5.92 Å². The van der Waals surface area contributed by atoms with Crippen LogP contribution in [-0.4, -0.2) is 16.4 Å². The summed E-state index contributed by atoms with van der Waals surface area (Å²) in [6.07, 6.45) is 8.23. The average molecular weight is 298 g/mol. The largest absolute Gasteiger partial charge is 0.325 e. The molecule has 1 N–H and O–H groups in total. The molecule has 5 heteroatoms. The van der Waals surface area contributed by atoms with Crippen LogP contribution in [0.25, 0.3) is 0 Å². The first kappa shape index (κ1) is 14.3. The maximum atomic E-state index is 12.2. The molecule has 0 aliphatic heterocycles. The van der Waals surface area contributed by atoms with E-state index in [1.165, 1.54) is 0 Å². The maximum absolute atomic E-state index is 12.2. The van der Waals surface area contributed by atoms with E-state index in [2.05, 4.69) is 11.4 Å². The zero-order valence-corrected chi connectivity index (χ0v) is 12.3. The van der Waals surface area contributed by atoms with Gasteiger partial charge in [-0.15, -0.1) is 0 Å². The predicted molar refractivity (Wildman–Crippen MR) is 78.9 cm³/mol. The molecule has 0 saturated carbocycles. The molecule has 0 heterocycles. The second-order valence-electron chi connectivity index (χ2n) is 4.54. The van der Waals surface area contributed by atoms with Gasteiger partial charge in [-0.25, -0.2) is 0 Å². The van der Waals surface area contributed by atoms with E-state index in [0.29, 0.717) is 15.6 Å². The fourth-order valence-corrected chi connectivity index (χ4v) is 3.44. The highest BCUT2D eigenvalue weighted by molar-refractivity contribution is 7.84. The molecule has 1 aliphatic carbocycles. The van der Waals surface area contributed by atoms with Crippen LogP contribution >= 0.6 is 11.6 Å². The van der Waals surface area contributed by atoms with Gasteiger partial charge in [0.2, 0.25) is 5.91 Å². The van der Waals surface area contributed by atoms with Gasteiger partial charge in [0.25, 0.3) is 0 Å². The van der Waals surface area contributed by atoms with Crippen molar-refractivity contribution in [3.05, 3.63) is 35.4 Å². The zero-order valence-electron chi connectivity index (χ0n) is 10.7. The van der Waals surface area contributed by atoms with E-state index in [-0.39, 0.29) is 11.8 Å². The number of amides is 1. The number of allylic oxidation sites excluding steroid dienone is 2. The maximum Gasteiger partial charge on any atom is 0.227 e. The summed E-state index contributed by atoms with van der Waals surface area (Å²) in [5, 5.41) is 3.27. The van der Waals surface area contributed by atoms with Crippen molar-refractivity contribution >= 4 is 34.0 Å². The monoisotopic (exact) mass is 297 g/mol. The molecule has 1 aromatic carbocycles. The fraction of sp³-hybridized carbons (Fsp3) is 0.357. The van der Waals surface area contributed by atoms with Gasteiger partial charge >= 0.3 is 0 Å². The minimum absolute atomic E-state index is 0.0119. The molecule has 1 aliphatic rings. The Morgan fingerprint density at radius 1 is 1.42 bits per heavy atom. The van der Waals surface area contributed by atoms with E-state index in [4.69, 9.17) is 11.6 Å². The standard InChI is InChI=1S/C14H16ClNO2S/c1-19(18)13-11(15)8-5-9-12(13)16-14(17)10-6-3-2-4-7-10/h2-3,5,8-10H,4,6-7H2,1H3,(H,16,17)/t10-,19-/m0/s1. The van der Waals surface area contributed by atoms with E-state index >= 15 is 0 Å². The summed E-state index contributed by atoms with van der Waals surface area (Å²) in [4.78, 5) is 12.7. The topological polar surface area (TPSA) is 46.2 Å². The van der Waals surface area contributed by atoms with Crippen LogP contribution in [-0.2, 0) is 15.6 Å². The number of carbonyl (C=O) groups excluding carboxylic acids is 1. The summed E-state index contributed by atoms with van der Waals surface area (Å²) < 4.78 is 11.7. The van der Waals surface area contributed by atoms with Gasteiger partial charge in [-0.05, 0) is 31.4 Å². The van der Waals surface area contributed by atoms with Crippen molar-refractivity contribution in [1.82, 2.24) is 0 Å². The number of hydrogen-bond acceptors (Lipinski definition) is 2. The van der Waals surface area contributed by atoms with Crippen LogP contribution in [0.5, 0.6) is 0 Å². The first-order valence-electron chi connectivity index (χ1n) is 6.17. The molecule has 19 heavy (non-hydrogen) atoms. The Balaban J connectivity index is 2.19. The number of nitrogens with one attached hydrogen (secondary N) is 1. The third kappa shape index (κ3) is 3.45. The smallest absolute Gasteiger partial charge is 0.227 e. The van der Waals surface area contributed by atoms with Crippen LogP contribution in [0.2, 0.25) is 5.02 Å². The second-order valence-corrected chi connectivity index (χ2v) is 6.26.